The molecular formula is C19H16O3. The number of benzene rings is 2. The molecule has 0 amide bonds. The summed E-state index contributed by atoms with van der Waals surface area (Å²) in [6, 6.07) is 16.6. The Morgan fingerprint density at radius 3 is 2.41 bits per heavy atom. The Bertz CT molecular complexity index is 753. The minimum absolute atomic E-state index is 0.211. The molecule has 0 aromatic heterocycles. The molecule has 0 atom stereocenters. The first kappa shape index (κ1) is 14.1. The number of carbonyl (C=O) groups is 1. The van der Waals surface area contributed by atoms with Crippen LogP contribution in [0.4, 0.5) is 0 Å². The summed E-state index contributed by atoms with van der Waals surface area (Å²) >= 11 is 0. The second-order valence-corrected chi connectivity index (χ2v) is 5.26. The molecule has 1 aliphatic heterocycles. The van der Waals surface area contributed by atoms with Gasteiger partial charge >= 0.3 is 5.97 Å². The summed E-state index contributed by atoms with van der Waals surface area (Å²) in [5.74, 6) is 0.496. The second-order valence-electron chi connectivity index (χ2n) is 5.26. The Morgan fingerprint density at radius 1 is 1.05 bits per heavy atom. The average Bonchev–Trinajstić information content (AvgIpc) is 2.78. The van der Waals surface area contributed by atoms with Gasteiger partial charge in [0.15, 0.2) is 0 Å². The molecule has 1 N–H and O–H groups in total. The minimum Gasteiger partial charge on any atom is -0.508 e. The summed E-state index contributed by atoms with van der Waals surface area (Å²) < 4.78 is 5.38. The van der Waals surface area contributed by atoms with E-state index in [2.05, 4.69) is 0 Å². The fourth-order valence-corrected chi connectivity index (χ4v) is 2.40. The number of phenolic OH excluding ortho intramolecular Hbond substituents is 1. The summed E-state index contributed by atoms with van der Waals surface area (Å²) in [6.07, 6.45) is 2.38. The van der Waals surface area contributed by atoms with Crippen LogP contribution in [-0.4, -0.2) is 11.1 Å². The predicted octanol–water partition coefficient (Wildman–Crippen LogP) is 3.85. The van der Waals surface area contributed by atoms with E-state index in [1.165, 1.54) is 0 Å². The van der Waals surface area contributed by atoms with Crippen molar-refractivity contribution in [1.29, 1.82) is 0 Å². The fraction of sp³-hybridized carbons (Fsp3) is 0.105. The molecule has 0 unspecified atom stereocenters. The third kappa shape index (κ3) is 2.93. The lowest BCUT2D eigenvalue weighted by atomic mass is 10.0. The molecular weight excluding hydrogens is 276 g/mol. The molecule has 0 radical (unpaired) electrons. The number of esters is 1. The van der Waals surface area contributed by atoms with Crippen LogP contribution in [0.1, 0.15) is 18.1 Å². The highest BCUT2D eigenvalue weighted by atomic mass is 16.5. The molecule has 0 saturated carbocycles. The van der Waals surface area contributed by atoms with Crippen LogP contribution in [0.3, 0.4) is 0 Å². The SMILES string of the molecule is CC1=C(Cc2ccccc2)C(=O)O/C1=C\c1ccc(O)cc1. The van der Waals surface area contributed by atoms with Crippen LogP contribution < -0.4 is 0 Å². The lowest BCUT2D eigenvalue weighted by Crippen LogP contribution is -2.02. The van der Waals surface area contributed by atoms with Gasteiger partial charge in [-0.2, -0.15) is 0 Å². The Hall–Kier alpha value is -2.81. The molecule has 22 heavy (non-hydrogen) atoms. The summed E-state index contributed by atoms with van der Waals surface area (Å²) in [7, 11) is 0. The van der Waals surface area contributed by atoms with Crippen molar-refractivity contribution < 1.29 is 14.6 Å². The van der Waals surface area contributed by atoms with E-state index < -0.39 is 0 Å². The molecule has 1 heterocycles. The molecule has 0 aliphatic carbocycles. The monoisotopic (exact) mass is 292 g/mol. The number of aromatic hydroxyl groups is 1. The van der Waals surface area contributed by atoms with Gasteiger partial charge < -0.3 is 9.84 Å². The Morgan fingerprint density at radius 2 is 1.73 bits per heavy atom. The van der Waals surface area contributed by atoms with Crippen molar-refractivity contribution in [2.45, 2.75) is 13.3 Å². The minimum atomic E-state index is -0.286. The van der Waals surface area contributed by atoms with Crippen LogP contribution in [0.2, 0.25) is 0 Å². The molecule has 1 aliphatic rings. The third-order valence-corrected chi connectivity index (χ3v) is 3.69. The Balaban J connectivity index is 1.89. The van der Waals surface area contributed by atoms with Gasteiger partial charge in [0.25, 0.3) is 0 Å². The van der Waals surface area contributed by atoms with E-state index in [9.17, 15) is 9.90 Å². The molecule has 3 nitrogen and oxygen atoms in total. The molecule has 0 fully saturated rings. The second kappa shape index (κ2) is 5.90. The van der Waals surface area contributed by atoms with Crippen LogP contribution >= 0.6 is 0 Å². The molecule has 3 heteroatoms. The van der Waals surface area contributed by atoms with Gasteiger partial charge in [-0.3, -0.25) is 0 Å². The molecule has 110 valence electrons. The lowest BCUT2D eigenvalue weighted by Gasteiger charge is -2.00. The normalized spacial score (nSPS) is 16.2. The first-order chi connectivity index (χ1) is 10.6. The Labute approximate surface area is 129 Å². The number of carbonyl (C=O) groups excluding carboxylic acids is 1. The summed E-state index contributed by atoms with van der Waals surface area (Å²) in [5.41, 5.74) is 3.51. The summed E-state index contributed by atoms with van der Waals surface area (Å²) in [6.45, 7) is 1.90. The van der Waals surface area contributed by atoms with Gasteiger partial charge in [-0.25, -0.2) is 4.79 Å². The van der Waals surface area contributed by atoms with Crippen LogP contribution in [0.15, 0.2) is 71.5 Å². The largest absolute Gasteiger partial charge is 0.508 e. The maximum Gasteiger partial charge on any atom is 0.340 e. The van der Waals surface area contributed by atoms with E-state index in [0.29, 0.717) is 17.8 Å². The van der Waals surface area contributed by atoms with Gasteiger partial charge in [-0.1, -0.05) is 42.5 Å². The van der Waals surface area contributed by atoms with Crippen LogP contribution in [0, 0.1) is 0 Å². The average molecular weight is 292 g/mol. The van der Waals surface area contributed by atoms with E-state index in [-0.39, 0.29) is 11.7 Å². The van der Waals surface area contributed by atoms with Crippen LogP contribution in [0.25, 0.3) is 6.08 Å². The van der Waals surface area contributed by atoms with Gasteiger partial charge in [0, 0.05) is 17.6 Å². The third-order valence-electron chi connectivity index (χ3n) is 3.69. The van der Waals surface area contributed by atoms with Crippen LogP contribution in [-0.2, 0) is 16.0 Å². The highest BCUT2D eigenvalue weighted by molar-refractivity contribution is 5.95. The molecule has 3 rings (SSSR count). The van der Waals surface area contributed by atoms with Gasteiger partial charge in [0.1, 0.15) is 11.5 Å². The zero-order valence-electron chi connectivity index (χ0n) is 12.2. The quantitative estimate of drug-likeness (QED) is 0.874. The van der Waals surface area contributed by atoms with Crippen molar-refractivity contribution in [3.05, 3.63) is 82.6 Å². The molecule has 0 bridgehead atoms. The fourth-order valence-electron chi connectivity index (χ4n) is 2.40. The summed E-state index contributed by atoms with van der Waals surface area (Å²) in [4.78, 5) is 12.1. The molecule has 0 spiro atoms. The molecule has 0 saturated heterocycles. The first-order valence-corrected chi connectivity index (χ1v) is 7.10. The topological polar surface area (TPSA) is 46.5 Å². The van der Waals surface area contributed by atoms with Crippen molar-refractivity contribution in [1.82, 2.24) is 0 Å². The maximum atomic E-state index is 12.1. The summed E-state index contributed by atoms with van der Waals surface area (Å²) in [5, 5.41) is 9.30. The number of hydrogen-bond donors (Lipinski definition) is 1. The number of ether oxygens (including phenoxy) is 1. The van der Waals surface area contributed by atoms with Crippen molar-refractivity contribution in [2.24, 2.45) is 0 Å². The van der Waals surface area contributed by atoms with Crippen molar-refractivity contribution >= 4 is 12.0 Å². The van der Waals surface area contributed by atoms with Crippen molar-refractivity contribution in [3.8, 4) is 5.75 Å². The van der Waals surface area contributed by atoms with Gasteiger partial charge in [0.05, 0.1) is 0 Å². The number of hydrogen-bond acceptors (Lipinski definition) is 3. The molecule has 2 aromatic rings. The number of allylic oxidation sites excluding steroid dienone is 1. The van der Waals surface area contributed by atoms with Gasteiger partial charge in [-0.05, 0) is 36.3 Å². The zero-order chi connectivity index (χ0) is 15.5. The van der Waals surface area contributed by atoms with Crippen molar-refractivity contribution in [3.63, 3.8) is 0 Å². The standard InChI is InChI=1S/C19H16O3/c1-13-17(11-14-5-3-2-4-6-14)19(21)22-18(13)12-15-7-9-16(20)10-8-15/h2-10,12,20H,11H2,1H3/b18-12-. The zero-order valence-corrected chi connectivity index (χ0v) is 12.2. The van der Waals surface area contributed by atoms with Gasteiger partial charge in [-0.15, -0.1) is 0 Å². The van der Waals surface area contributed by atoms with Crippen molar-refractivity contribution in [2.75, 3.05) is 0 Å². The molecule has 2 aromatic carbocycles. The lowest BCUT2D eigenvalue weighted by molar-refractivity contribution is -0.133. The van der Waals surface area contributed by atoms with E-state index in [1.807, 2.05) is 43.3 Å². The number of phenols is 1. The van der Waals surface area contributed by atoms with E-state index in [4.69, 9.17) is 4.74 Å². The van der Waals surface area contributed by atoms with Gasteiger partial charge in [0.2, 0.25) is 0 Å². The predicted molar refractivity (Wildman–Crippen MR) is 85.0 cm³/mol. The smallest absolute Gasteiger partial charge is 0.340 e. The van der Waals surface area contributed by atoms with E-state index >= 15 is 0 Å². The first-order valence-electron chi connectivity index (χ1n) is 7.10. The highest BCUT2D eigenvalue weighted by Crippen LogP contribution is 2.30. The number of rotatable bonds is 3. The maximum absolute atomic E-state index is 12.1. The van der Waals surface area contributed by atoms with Crippen LogP contribution in [0.5, 0.6) is 5.75 Å². The van der Waals surface area contributed by atoms with E-state index in [0.717, 1.165) is 16.7 Å². The highest BCUT2D eigenvalue weighted by Gasteiger charge is 2.26. The number of cyclic esters (lactones) is 1. The van der Waals surface area contributed by atoms with E-state index in [1.54, 1.807) is 24.3 Å². The Kier molecular flexibility index (Phi) is 3.79.